The third kappa shape index (κ3) is 4.62. The van der Waals surface area contributed by atoms with E-state index in [1.54, 1.807) is 0 Å². The van der Waals surface area contributed by atoms with Crippen LogP contribution >= 0.6 is 0 Å². The summed E-state index contributed by atoms with van der Waals surface area (Å²) in [5, 5.41) is 0. The van der Waals surface area contributed by atoms with Crippen molar-refractivity contribution in [2.75, 3.05) is 59.0 Å². The largest absolute Gasteiger partial charge is 0.381 e. The van der Waals surface area contributed by atoms with Gasteiger partial charge in [0.05, 0.1) is 12.5 Å². The molecule has 2 atom stereocenters. The molecule has 3 aliphatic heterocycles. The van der Waals surface area contributed by atoms with Crippen LogP contribution in [0, 0.1) is 17.3 Å². The highest BCUT2D eigenvalue weighted by Crippen LogP contribution is 2.60. The molecule has 1 aromatic rings. The predicted molar refractivity (Wildman–Crippen MR) is 124 cm³/mol. The quantitative estimate of drug-likeness (QED) is 0.710. The smallest absolute Gasteiger partial charge is 0.228 e. The van der Waals surface area contributed by atoms with Gasteiger partial charge in [-0.1, -0.05) is 42.5 Å². The molecule has 0 radical (unpaired) electrons. The van der Waals surface area contributed by atoms with Crippen LogP contribution in [0.25, 0.3) is 6.08 Å². The van der Waals surface area contributed by atoms with Gasteiger partial charge in [0.2, 0.25) is 11.8 Å². The average molecular weight is 438 g/mol. The second-order valence-electron chi connectivity index (χ2n) is 9.94. The molecule has 6 nitrogen and oxygen atoms in total. The highest BCUT2D eigenvalue weighted by molar-refractivity contribution is 5.83. The Morgan fingerprint density at radius 1 is 0.969 bits per heavy atom. The monoisotopic (exact) mass is 437 g/mol. The van der Waals surface area contributed by atoms with Crippen LogP contribution in [-0.4, -0.2) is 85.5 Å². The van der Waals surface area contributed by atoms with E-state index in [0.717, 1.165) is 71.5 Å². The first-order chi connectivity index (χ1) is 15.6. The molecule has 1 saturated carbocycles. The molecule has 32 heavy (non-hydrogen) atoms. The van der Waals surface area contributed by atoms with E-state index in [1.165, 1.54) is 5.56 Å². The standard InChI is InChI=1S/C26H35N3O3/c30-24(22-8-18-32-20-22)28-12-9-26(10-13-28)19-23(26)25(31)29-16-14-27(15-17-29)11-4-7-21-5-2-1-3-6-21/h1-7,22-23H,8-20H2/b7-4+. The van der Waals surface area contributed by atoms with Gasteiger partial charge in [0.1, 0.15) is 0 Å². The van der Waals surface area contributed by atoms with E-state index in [0.29, 0.717) is 19.1 Å². The first kappa shape index (κ1) is 21.7. The topological polar surface area (TPSA) is 53.1 Å². The molecule has 6 heteroatoms. The van der Waals surface area contributed by atoms with Crippen LogP contribution in [0.4, 0.5) is 0 Å². The highest BCUT2D eigenvalue weighted by Gasteiger charge is 2.59. The number of rotatable bonds is 5. The molecule has 1 aliphatic carbocycles. The predicted octanol–water partition coefficient (Wildman–Crippen LogP) is 2.51. The van der Waals surface area contributed by atoms with Crippen LogP contribution < -0.4 is 0 Å². The number of hydrogen-bond donors (Lipinski definition) is 0. The van der Waals surface area contributed by atoms with E-state index in [9.17, 15) is 9.59 Å². The van der Waals surface area contributed by atoms with Crippen LogP contribution in [0.3, 0.4) is 0 Å². The van der Waals surface area contributed by atoms with Gasteiger partial charge < -0.3 is 14.5 Å². The summed E-state index contributed by atoms with van der Waals surface area (Å²) in [5.74, 6) is 0.852. The fourth-order valence-corrected chi connectivity index (χ4v) is 5.68. The Hall–Kier alpha value is -2.18. The Bertz CT molecular complexity index is 833. The summed E-state index contributed by atoms with van der Waals surface area (Å²) < 4.78 is 5.38. The van der Waals surface area contributed by atoms with Crippen molar-refractivity contribution >= 4 is 17.9 Å². The molecule has 0 bridgehead atoms. The Morgan fingerprint density at radius 3 is 2.38 bits per heavy atom. The lowest BCUT2D eigenvalue weighted by atomic mass is 9.89. The van der Waals surface area contributed by atoms with Crippen LogP contribution in [0.1, 0.15) is 31.2 Å². The molecule has 1 spiro atoms. The number of amides is 2. The van der Waals surface area contributed by atoms with Crippen LogP contribution in [0.5, 0.6) is 0 Å². The van der Waals surface area contributed by atoms with Gasteiger partial charge in [-0.2, -0.15) is 0 Å². The fourth-order valence-electron chi connectivity index (χ4n) is 5.68. The Kier molecular flexibility index (Phi) is 6.33. The number of carbonyl (C=O) groups excluding carboxylic acids is 2. The molecule has 5 rings (SSSR count). The number of piperazine rings is 1. The van der Waals surface area contributed by atoms with Crippen LogP contribution in [0.2, 0.25) is 0 Å². The molecular weight excluding hydrogens is 402 g/mol. The lowest BCUT2D eigenvalue weighted by Crippen LogP contribution is -2.50. The molecular formula is C26H35N3O3. The Balaban J connectivity index is 1.05. The van der Waals surface area contributed by atoms with Gasteiger partial charge >= 0.3 is 0 Å². The minimum absolute atomic E-state index is 0.0551. The lowest BCUT2D eigenvalue weighted by molar-refractivity contribution is -0.137. The summed E-state index contributed by atoms with van der Waals surface area (Å²) in [4.78, 5) is 32.3. The molecule has 0 N–H and O–H groups in total. The zero-order valence-corrected chi connectivity index (χ0v) is 19.0. The molecule has 1 aromatic carbocycles. The normalized spacial score (nSPS) is 27.9. The first-order valence-electron chi connectivity index (χ1n) is 12.2. The molecule has 4 fully saturated rings. The average Bonchev–Trinajstić information content (AvgIpc) is 3.26. The van der Waals surface area contributed by atoms with Gasteiger partial charge in [-0.3, -0.25) is 14.5 Å². The first-order valence-corrected chi connectivity index (χ1v) is 12.2. The van der Waals surface area contributed by atoms with Gasteiger partial charge in [-0.15, -0.1) is 0 Å². The van der Waals surface area contributed by atoms with Crippen molar-refractivity contribution in [3.05, 3.63) is 42.0 Å². The van der Waals surface area contributed by atoms with Crippen LogP contribution in [-0.2, 0) is 14.3 Å². The van der Waals surface area contributed by atoms with Crippen molar-refractivity contribution in [3.63, 3.8) is 0 Å². The maximum Gasteiger partial charge on any atom is 0.228 e. The Labute approximate surface area is 191 Å². The SMILES string of the molecule is O=C(C1CCOC1)N1CCC2(CC1)CC2C(=O)N1CCN(C/C=C/c2ccccc2)CC1. The van der Waals surface area contributed by atoms with E-state index < -0.39 is 0 Å². The molecule has 3 saturated heterocycles. The minimum atomic E-state index is 0.0551. The number of hydrogen-bond acceptors (Lipinski definition) is 4. The van der Waals surface area contributed by atoms with Gasteiger partial charge in [0.25, 0.3) is 0 Å². The van der Waals surface area contributed by atoms with E-state index in [1.807, 2.05) is 11.0 Å². The summed E-state index contributed by atoms with van der Waals surface area (Å²) in [6.07, 6.45) is 8.22. The number of nitrogens with zero attached hydrogens (tertiary/aromatic N) is 3. The van der Waals surface area contributed by atoms with Crippen LogP contribution in [0.15, 0.2) is 36.4 Å². The molecule has 2 amide bonds. The molecule has 172 valence electrons. The van der Waals surface area contributed by atoms with Gasteiger partial charge in [-0.05, 0) is 36.7 Å². The van der Waals surface area contributed by atoms with Gasteiger partial charge in [-0.25, -0.2) is 0 Å². The number of piperidine rings is 1. The summed E-state index contributed by atoms with van der Waals surface area (Å²) in [5.41, 5.74) is 1.39. The maximum atomic E-state index is 13.2. The summed E-state index contributed by atoms with van der Waals surface area (Å²) in [6.45, 7) is 7.37. The van der Waals surface area contributed by atoms with Gasteiger partial charge in [0.15, 0.2) is 0 Å². The van der Waals surface area contributed by atoms with Crippen molar-refractivity contribution < 1.29 is 14.3 Å². The molecule has 4 aliphatic rings. The highest BCUT2D eigenvalue weighted by atomic mass is 16.5. The minimum Gasteiger partial charge on any atom is -0.381 e. The van der Waals surface area contributed by atoms with E-state index in [-0.39, 0.29) is 23.2 Å². The number of benzene rings is 1. The maximum absolute atomic E-state index is 13.2. The van der Waals surface area contributed by atoms with Gasteiger partial charge in [0, 0.05) is 58.3 Å². The second-order valence-corrected chi connectivity index (χ2v) is 9.94. The third-order valence-corrected chi connectivity index (χ3v) is 8.00. The van der Waals surface area contributed by atoms with E-state index >= 15 is 0 Å². The zero-order valence-electron chi connectivity index (χ0n) is 19.0. The molecule has 3 heterocycles. The van der Waals surface area contributed by atoms with E-state index in [2.05, 4.69) is 46.2 Å². The molecule has 0 aromatic heterocycles. The van der Waals surface area contributed by atoms with Crippen molar-refractivity contribution in [1.29, 1.82) is 0 Å². The second kappa shape index (κ2) is 9.36. The summed E-state index contributed by atoms with van der Waals surface area (Å²) >= 11 is 0. The van der Waals surface area contributed by atoms with Crippen molar-refractivity contribution in [3.8, 4) is 0 Å². The van der Waals surface area contributed by atoms with Crippen molar-refractivity contribution in [2.45, 2.75) is 25.7 Å². The number of likely N-dealkylation sites (tertiary alicyclic amines) is 1. The van der Waals surface area contributed by atoms with Crippen molar-refractivity contribution in [2.24, 2.45) is 17.3 Å². The number of carbonyl (C=O) groups is 2. The fraction of sp³-hybridized carbons (Fsp3) is 0.615. The van der Waals surface area contributed by atoms with E-state index in [4.69, 9.17) is 4.74 Å². The summed E-state index contributed by atoms with van der Waals surface area (Å²) in [6, 6.07) is 10.4. The number of ether oxygens (including phenoxy) is 1. The molecule has 2 unspecified atom stereocenters. The Morgan fingerprint density at radius 2 is 1.69 bits per heavy atom. The third-order valence-electron chi connectivity index (χ3n) is 8.00. The summed E-state index contributed by atoms with van der Waals surface area (Å²) in [7, 11) is 0. The zero-order chi connectivity index (χ0) is 22.0. The van der Waals surface area contributed by atoms with Crippen molar-refractivity contribution in [1.82, 2.24) is 14.7 Å². The lowest BCUT2D eigenvalue weighted by Gasteiger charge is -2.36.